The van der Waals surface area contributed by atoms with E-state index in [-0.39, 0.29) is 11.8 Å². The van der Waals surface area contributed by atoms with Crippen molar-refractivity contribution >= 4 is 23.7 Å². The fraction of sp³-hybridized carbons (Fsp3) is 0.391. The number of ether oxygens (including phenoxy) is 1. The molecule has 148 valence electrons. The molecule has 0 fully saturated rings. The molecule has 2 amide bonds. The molecule has 3 rings (SSSR count). The molecular weight excluding hydrogens is 352 g/mol. The van der Waals surface area contributed by atoms with Crippen LogP contribution in [-0.4, -0.2) is 32.0 Å². The van der Waals surface area contributed by atoms with Gasteiger partial charge in [-0.1, -0.05) is 25.1 Å². The number of nitrogens with zero attached hydrogens (tertiary/aromatic N) is 2. The van der Waals surface area contributed by atoms with Gasteiger partial charge in [-0.2, -0.15) is 0 Å². The third kappa shape index (κ3) is 4.53. The van der Waals surface area contributed by atoms with Gasteiger partial charge in [-0.25, -0.2) is 0 Å². The van der Waals surface area contributed by atoms with Crippen LogP contribution in [0.1, 0.15) is 30.9 Å². The number of rotatable bonds is 7. The average molecular weight is 380 g/mol. The van der Waals surface area contributed by atoms with Crippen molar-refractivity contribution in [1.29, 1.82) is 0 Å². The fourth-order valence-corrected chi connectivity index (χ4v) is 3.70. The second kappa shape index (κ2) is 8.91. The van der Waals surface area contributed by atoms with Crippen molar-refractivity contribution < 1.29 is 14.3 Å². The summed E-state index contributed by atoms with van der Waals surface area (Å²) >= 11 is 0. The molecule has 0 saturated carbocycles. The monoisotopic (exact) mass is 380 g/mol. The molecule has 0 aromatic heterocycles. The Bertz CT molecular complexity index is 829. The van der Waals surface area contributed by atoms with Gasteiger partial charge in [-0.3, -0.25) is 9.59 Å². The maximum atomic E-state index is 12.9. The van der Waals surface area contributed by atoms with E-state index in [1.807, 2.05) is 48.2 Å². The van der Waals surface area contributed by atoms with Crippen LogP contribution in [0.15, 0.2) is 42.5 Å². The highest BCUT2D eigenvalue weighted by atomic mass is 16.5. The lowest BCUT2D eigenvalue weighted by atomic mass is 10.1. The Labute approximate surface area is 166 Å². The number of aryl methyl sites for hydroxylation is 2. The summed E-state index contributed by atoms with van der Waals surface area (Å²) in [6.45, 7) is 7.64. The van der Waals surface area contributed by atoms with Gasteiger partial charge in [0, 0.05) is 13.1 Å². The van der Waals surface area contributed by atoms with Crippen molar-refractivity contribution in [3.63, 3.8) is 0 Å². The predicted octanol–water partition coefficient (Wildman–Crippen LogP) is 4.11. The summed E-state index contributed by atoms with van der Waals surface area (Å²) in [7, 11) is 0. The number of carbonyl (C=O) groups excluding carboxylic acids is 2. The summed E-state index contributed by atoms with van der Waals surface area (Å²) in [5, 5.41) is 0. The topological polar surface area (TPSA) is 49.9 Å². The molecule has 5 nitrogen and oxygen atoms in total. The van der Waals surface area contributed by atoms with Gasteiger partial charge in [0.15, 0.2) is 0 Å². The minimum absolute atomic E-state index is 0.0621. The molecular formula is C23H28N2O3. The van der Waals surface area contributed by atoms with Crippen LogP contribution in [0.3, 0.4) is 0 Å². The highest BCUT2D eigenvalue weighted by Crippen LogP contribution is 2.33. The van der Waals surface area contributed by atoms with Crippen molar-refractivity contribution in [3.05, 3.63) is 53.6 Å². The normalized spacial score (nSPS) is 16.5. The molecule has 0 N–H and O–H groups in total. The first-order chi connectivity index (χ1) is 13.5. The van der Waals surface area contributed by atoms with Gasteiger partial charge >= 0.3 is 0 Å². The molecule has 1 unspecified atom stereocenters. The van der Waals surface area contributed by atoms with Crippen LogP contribution in [0.2, 0.25) is 0 Å². The lowest BCUT2D eigenvalue weighted by Crippen LogP contribution is -2.37. The summed E-state index contributed by atoms with van der Waals surface area (Å²) in [4.78, 5) is 27.8. The number of amides is 2. The van der Waals surface area contributed by atoms with Crippen molar-refractivity contribution in [2.45, 2.75) is 33.6 Å². The zero-order valence-corrected chi connectivity index (χ0v) is 16.9. The maximum absolute atomic E-state index is 12.9. The highest BCUT2D eigenvalue weighted by molar-refractivity contribution is 6.02. The molecule has 1 atom stereocenters. The molecule has 1 aliphatic rings. The van der Waals surface area contributed by atoms with E-state index < -0.39 is 0 Å². The summed E-state index contributed by atoms with van der Waals surface area (Å²) in [5.74, 6) is 0.722. The number of para-hydroxylation sites is 2. The van der Waals surface area contributed by atoms with Crippen LogP contribution < -0.4 is 14.5 Å². The van der Waals surface area contributed by atoms with Crippen molar-refractivity contribution in [2.24, 2.45) is 5.92 Å². The summed E-state index contributed by atoms with van der Waals surface area (Å²) in [6.07, 6.45) is 2.49. The predicted molar refractivity (Wildman–Crippen MR) is 112 cm³/mol. The van der Waals surface area contributed by atoms with Crippen molar-refractivity contribution in [3.8, 4) is 5.75 Å². The Morgan fingerprint density at radius 2 is 1.75 bits per heavy atom. The molecule has 0 radical (unpaired) electrons. The number of hydrogen-bond donors (Lipinski definition) is 0. The number of benzene rings is 2. The van der Waals surface area contributed by atoms with Crippen molar-refractivity contribution in [1.82, 2.24) is 0 Å². The smallest absolute Gasteiger partial charge is 0.231 e. The Kier molecular flexibility index (Phi) is 6.34. The largest absolute Gasteiger partial charge is 0.494 e. The lowest BCUT2D eigenvalue weighted by molar-refractivity contribution is -0.121. The molecule has 28 heavy (non-hydrogen) atoms. The standard InChI is InChI=1S/C23H28N2O3/c1-17-12-18(2)14-20(13-17)28-11-7-6-10-25-22-9-5-4-8-21(22)24(16-26)15-19(3)23(25)27/h4-5,8-9,12-14,16,19H,6-7,10-11,15H2,1-3H3. The van der Waals surface area contributed by atoms with Crippen LogP contribution in [0.4, 0.5) is 11.4 Å². The third-order valence-electron chi connectivity index (χ3n) is 5.01. The van der Waals surface area contributed by atoms with Gasteiger partial charge in [0.1, 0.15) is 5.75 Å². The number of hydrogen-bond acceptors (Lipinski definition) is 3. The lowest BCUT2D eigenvalue weighted by Gasteiger charge is -2.24. The number of anilines is 2. The SMILES string of the molecule is Cc1cc(C)cc(OCCCCN2C(=O)C(C)CN(C=O)c3ccccc32)c1. The van der Waals surface area contributed by atoms with Gasteiger partial charge in [0.05, 0.1) is 23.9 Å². The van der Waals surface area contributed by atoms with Crippen molar-refractivity contribution in [2.75, 3.05) is 29.5 Å². The van der Waals surface area contributed by atoms with E-state index in [0.717, 1.165) is 36.4 Å². The second-order valence-corrected chi connectivity index (χ2v) is 7.52. The van der Waals surface area contributed by atoms with Crippen LogP contribution >= 0.6 is 0 Å². The zero-order valence-electron chi connectivity index (χ0n) is 16.9. The summed E-state index contributed by atoms with van der Waals surface area (Å²) in [5.41, 5.74) is 3.98. The minimum atomic E-state index is -0.232. The highest BCUT2D eigenvalue weighted by Gasteiger charge is 2.30. The Balaban J connectivity index is 1.62. The van der Waals surface area contributed by atoms with Gasteiger partial charge < -0.3 is 14.5 Å². The maximum Gasteiger partial charge on any atom is 0.231 e. The van der Waals surface area contributed by atoms with Crippen LogP contribution in [0.25, 0.3) is 0 Å². The quantitative estimate of drug-likeness (QED) is 0.537. The van der Waals surface area contributed by atoms with Crippen LogP contribution in [-0.2, 0) is 9.59 Å². The first-order valence-corrected chi connectivity index (χ1v) is 9.83. The molecule has 2 aromatic rings. The van der Waals surface area contributed by atoms with Gasteiger partial charge in [-0.05, 0) is 62.1 Å². The molecule has 1 heterocycles. The Hall–Kier alpha value is -2.82. The zero-order chi connectivity index (χ0) is 20.1. The van der Waals surface area contributed by atoms with Crippen LogP contribution in [0.5, 0.6) is 5.75 Å². The molecule has 0 aliphatic carbocycles. The average Bonchev–Trinajstić information content (AvgIpc) is 2.77. The van der Waals surface area contributed by atoms with E-state index >= 15 is 0 Å². The molecule has 2 aromatic carbocycles. The molecule has 0 saturated heterocycles. The molecule has 0 bridgehead atoms. The minimum Gasteiger partial charge on any atom is -0.494 e. The van der Waals surface area contributed by atoms with E-state index in [2.05, 4.69) is 19.9 Å². The van der Waals surface area contributed by atoms with E-state index in [4.69, 9.17) is 4.74 Å². The second-order valence-electron chi connectivity index (χ2n) is 7.52. The fourth-order valence-electron chi connectivity index (χ4n) is 3.70. The van der Waals surface area contributed by atoms with E-state index in [1.165, 1.54) is 11.1 Å². The van der Waals surface area contributed by atoms with Gasteiger partial charge in [-0.15, -0.1) is 0 Å². The Morgan fingerprint density at radius 1 is 1.07 bits per heavy atom. The first-order valence-electron chi connectivity index (χ1n) is 9.83. The van der Waals surface area contributed by atoms with E-state index in [9.17, 15) is 9.59 Å². The van der Waals surface area contributed by atoms with E-state index in [0.29, 0.717) is 19.7 Å². The van der Waals surface area contributed by atoms with Crippen LogP contribution in [0, 0.1) is 19.8 Å². The first kappa shape index (κ1) is 19.9. The number of fused-ring (bicyclic) bond motifs is 1. The number of carbonyl (C=O) groups is 2. The molecule has 5 heteroatoms. The van der Waals surface area contributed by atoms with E-state index in [1.54, 1.807) is 4.90 Å². The molecule has 0 spiro atoms. The summed E-state index contributed by atoms with van der Waals surface area (Å²) < 4.78 is 5.88. The summed E-state index contributed by atoms with van der Waals surface area (Å²) in [6, 6.07) is 13.8. The molecule has 1 aliphatic heterocycles. The van der Waals surface area contributed by atoms with Gasteiger partial charge in [0.2, 0.25) is 12.3 Å². The Morgan fingerprint density at radius 3 is 2.43 bits per heavy atom. The number of unbranched alkanes of at least 4 members (excludes halogenated alkanes) is 1. The third-order valence-corrected chi connectivity index (χ3v) is 5.01. The van der Waals surface area contributed by atoms with Gasteiger partial charge in [0.25, 0.3) is 0 Å².